The lowest BCUT2D eigenvalue weighted by atomic mass is 9.86. The number of hydrogen-bond acceptors (Lipinski definition) is 0. The second-order valence-corrected chi connectivity index (χ2v) is 14.4. The number of rotatable bonds is 4. The van der Waals surface area contributed by atoms with Gasteiger partial charge in [-0.25, -0.2) is 0 Å². The van der Waals surface area contributed by atoms with E-state index in [1.807, 2.05) is 0 Å². The molecule has 0 saturated heterocycles. The van der Waals surface area contributed by atoms with Gasteiger partial charge in [0.15, 0.2) is 0 Å². The molecule has 0 radical (unpaired) electrons. The van der Waals surface area contributed by atoms with Crippen LogP contribution in [0.3, 0.4) is 0 Å². The number of hydrogen-bond donors (Lipinski definition) is 0. The Labute approximate surface area is 311 Å². The number of para-hydroxylation sites is 4. The molecule has 2 aromatic heterocycles. The van der Waals surface area contributed by atoms with Crippen LogP contribution in [0.5, 0.6) is 0 Å². The fourth-order valence-corrected chi connectivity index (χ4v) is 9.41. The van der Waals surface area contributed by atoms with Gasteiger partial charge in [-0.2, -0.15) is 0 Å². The summed E-state index contributed by atoms with van der Waals surface area (Å²) in [6, 6.07) is 71.5. The van der Waals surface area contributed by atoms with Gasteiger partial charge in [0.05, 0.1) is 22.1 Å². The number of nitrogens with zero attached hydrogens (tertiary/aromatic N) is 2. The van der Waals surface area contributed by atoms with Crippen LogP contribution < -0.4 is 0 Å². The molecule has 54 heavy (non-hydrogen) atoms. The molecule has 0 bridgehead atoms. The van der Waals surface area contributed by atoms with Gasteiger partial charge in [0, 0.05) is 32.9 Å². The third-order valence-electron chi connectivity index (χ3n) is 11.6. The summed E-state index contributed by atoms with van der Waals surface area (Å²) in [5, 5.41) is 12.8. The van der Waals surface area contributed by atoms with E-state index in [0.29, 0.717) is 0 Å². The lowest BCUT2D eigenvalue weighted by molar-refractivity contribution is 1.15. The quantitative estimate of drug-likeness (QED) is 0.163. The molecule has 2 heteroatoms. The first kappa shape index (κ1) is 29.4. The first-order valence-corrected chi connectivity index (χ1v) is 18.7. The molecule has 12 aromatic rings. The van der Waals surface area contributed by atoms with Crippen molar-refractivity contribution in [2.24, 2.45) is 0 Å². The summed E-state index contributed by atoms with van der Waals surface area (Å²) in [4.78, 5) is 0. The van der Waals surface area contributed by atoms with Gasteiger partial charge in [0.1, 0.15) is 0 Å². The molecule has 0 unspecified atom stereocenters. The molecule has 0 spiro atoms. The van der Waals surface area contributed by atoms with Crippen LogP contribution in [0.2, 0.25) is 0 Å². The third-order valence-corrected chi connectivity index (χ3v) is 11.6. The van der Waals surface area contributed by atoms with Crippen LogP contribution in [0.4, 0.5) is 0 Å². The average molecular weight is 685 g/mol. The van der Waals surface area contributed by atoms with Crippen molar-refractivity contribution in [3.63, 3.8) is 0 Å². The number of fused-ring (bicyclic) bond motifs is 7. The maximum absolute atomic E-state index is 2.50. The third kappa shape index (κ3) is 4.00. The Morgan fingerprint density at radius 3 is 1.41 bits per heavy atom. The van der Waals surface area contributed by atoms with Crippen molar-refractivity contribution in [3.05, 3.63) is 194 Å². The smallest absolute Gasteiger partial charge is 0.0795 e. The Hall–Kier alpha value is -7.16. The van der Waals surface area contributed by atoms with E-state index in [0.717, 1.165) is 11.4 Å². The summed E-state index contributed by atoms with van der Waals surface area (Å²) in [6.45, 7) is 0. The first-order chi connectivity index (χ1) is 26.8. The normalized spacial score (nSPS) is 12.1. The molecule has 0 aliphatic rings. The average Bonchev–Trinajstić information content (AvgIpc) is 3.77. The standard InChI is InChI=1S/C52H32N2/c1-4-14-33(15-5-1)38-28-24-34-27-31-42-39(29-25-35-26-30-41(38)48(34)49(35)42)44-32-45-40-20-10-12-22-46(40)53(36-16-6-2-7-17-36)51(45)52-50(44)43-21-11-13-23-47(43)54(52)37-18-8-3-9-19-37/h1-32H. The second kappa shape index (κ2) is 11.2. The Bertz CT molecular complexity index is 3410. The number of benzene rings is 10. The fourth-order valence-electron chi connectivity index (χ4n) is 9.41. The summed E-state index contributed by atoms with van der Waals surface area (Å²) in [5.41, 5.74) is 12.1. The van der Waals surface area contributed by atoms with Gasteiger partial charge in [-0.15, -0.1) is 0 Å². The second-order valence-electron chi connectivity index (χ2n) is 14.4. The van der Waals surface area contributed by atoms with E-state index in [-0.39, 0.29) is 0 Å². The molecule has 12 rings (SSSR count). The van der Waals surface area contributed by atoms with Crippen LogP contribution >= 0.6 is 0 Å². The summed E-state index contributed by atoms with van der Waals surface area (Å²) in [7, 11) is 0. The monoisotopic (exact) mass is 684 g/mol. The van der Waals surface area contributed by atoms with Crippen molar-refractivity contribution in [3.8, 4) is 33.6 Å². The van der Waals surface area contributed by atoms with E-state index < -0.39 is 0 Å². The van der Waals surface area contributed by atoms with Gasteiger partial charge in [0.25, 0.3) is 0 Å². The van der Waals surface area contributed by atoms with Gasteiger partial charge in [-0.05, 0) is 97.0 Å². The fraction of sp³-hybridized carbons (Fsp3) is 0. The first-order valence-electron chi connectivity index (χ1n) is 18.7. The summed E-state index contributed by atoms with van der Waals surface area (Å²) >= 11 is 0. The maximum atomic E-state index is 2.50. The highest BCUT2D eigenvalue weighted by atomic mass is 15.0. The van der Waals surface area contributed by atoms with E-state index in [1.54, 1.807) is 0 Å². The molecule has 0 atom stereocenters. The minimum Gasteiger partial charge on any atom is -0.307 e. The molecule has 0 amide bonds. The molecule has 10 aromatic carbocycles. The van der Waals surface area contributed by atoms with E-state index in [4.69, 9.17) is 0 Å². The lowest BCUT2D eigenvalue weighted by Gasteiger charge is -2.18. The van der Waals surface area contributed by atoms with Crippen molar-refractivity contribution in [1.82, 2.24) is 9.13 Å². The van der Waals surface area contributed by atoms with Gasteiger partial charge < -0.3 is 9.13 Å². The molecule has 0 aliphatic heterocycles. The Morgan fingerprint density at radius 1 is 0.278 bits per heavy atom. The van der Waals surface area contributed by atoms with Gasteiger partial charge in [-0.3, -0.25) is 0 Å². The SMILES string of the molecule is c1ccc(-c2ccc3ccc4c(-c5cc6c7ccccc7n(-c7ccccc7)c6c6c5c5ccccc5n6-c5ccccc5)ccc5ccc2c3c54)cc1. The zero-order valence-corrected chi connectivity index (χ0v) is 29.4. The Kier molecular flexibility index (Phi) is 6.09. The predicted octanol–water partition coefficient (Wildman–Crippen LogP) is 14.1. The largest absolute Gasteiger partial charge is 0.307 e. The number of aromatic nitrogens is 2. The van der Waals surface area contributed by atoms with E-state index >= 15 is 0 Å². The highest BCUT2D eigenvalue weighted by molar-refractivity contribution is 6.32. The zero-order valence-electron chi connectivity index (χ0n) is 29.4. The predicted molar refractivity (Wildman–Crippen MR) is 230 cm³/mol. The molecule has 0 N–H and O–H groups in total. The topological polar surface area (TPSA) is 9.86 Å². The lowest BCUT2D eigenvalue weighted by Crippen LogP contribution is -1.99. The molecule has 0 aliphatic carbocycles. The van der Waals surface area contributed by atoms with Crippen molar-refractivity contribution in [2.75, 3.05) is 0 Å². The van der Waals surface area contributed by atoms with Crippen LogP contribution in [0.25, 0.3) is 110 Å². The highest BCUT2D eigenvalue weighted by Crippen LogP contribution is 2.49. The molecule has 2 nitrogen and oxygen atoms in total. The van der Waals surface area contributed by atoms with Crippen molar-refractivity contribution in [1.29, 1.82) is 0 Å². The van der Waals surface area contributed by atoms with Crippen LogP contribution in [0, 0.1) is 0 Å². The van der Waals surface area contributed by atoms with E-state index in [2.05, 4.69) is 203 Å². The molecule has 0 saturated carbocycles. The molecule has 250 valence electrons. The van der Waals surface area contributed by atoms with Gasteiger partial charge in [-0.1, -0.05) is 152 Å². The highest BCUT2D eigenvalue weighted by Gasteiger charge is 2.25. The zero-order chi connectivity index (χ0) is 35.3. The molecular weight excluding hydrogens is 653 g/mol. The van der Waals surface area contributed by atoms with Crippen molar-refractivity contribution < 1.29 is 0 Å². The summed E-state index contributed by atoms with van der Waals surface area (Å²) in [6.07, 6.45) is 0. The van der Waals surface area contributed by atoms with E-state index in [9.17, 15) is 0 Å². The molecule has 0 fully saturated rings. The van der Waals surface area contributed by atoms with Crippen LogP contribution in [-0.2, 0) is 0 Å². The maximum Gasteiger partial charge on any atom is 0.0795 e. The van der Waals surface area contributed by atoms with Crippen LogP contribution in [-0.4, -0.2) is 9.13 Å². The van der Waals surface area contributed by atoms with Crippen molar-refractivity contribution >= 4 is 75.9 Å². The molecule has 2 heterocycles. The van der Waals surface area contributed by atoms with Crippen LogP contribution in [0.15, 0.2) is 194 Å². The summed E-state index contributed by atoms with van der Waals surface area (Å²) in [5.74, 6) is 0. The van der Waals surface area contributed by atoms with Gasteiger partial charge in [0.2, 0.25) is 0 Å². The minimum absolute atomic E-state index is 1.15. The van der Waals surface area contributed by atoms with Crippen molar-refractivity contribution in [2.45, 2.75) is 0 Å². The molecular formula is C52H32N2. The van der Waals surface area contributed by atoms with Gasteiger partial charge >= 0.3 is 0 Å². The Morgan fingerprint density at radius 2 is 0.759 bits per heavy atom. The summed E-state index contributed by atoms with van der Waals surface area (Å²) < 4.78 is 4.97. The Balaban J connectivity index is 1.29. The van der Waals surface area contributed by atoms with Crippen LogP contribution in [0.1, 0.15) is 0 Å². The minimum atomic E-state index is 1.15. The van der Waals surface area contributed by atoms with E-state index in [1.165, 1.54) is 98.2 Å².